The predicted octanol–water partition coefficient (Wildman–Crippen LogP) is 6.44. The Morgan fingerprint density at radius 3 is 2.25 bits per heavy atom. The summed E-state index contributed by atoms with van der Waals surface area (Å²) < 4.78 is 0.314. The minimum absolute atomic E-state index is 0.0479. The molecule has 1 aromatic carbocycles. The summed E-state index contributed by atoms with van der Waals surface area (Å²) in [4.78, 5) is 53.8. The molecule has 0 radical (unpaired) electrons. The van der Waals surface area contributed by atoms with E-state index < -0.39 is 17.8 Å². The van der Waals surface area contributed by atoms with Gasteiger partial charge in [-0.15, -0.1) is 40.3 Å². The van der Waals surface area contributed by atoms with Gasteiger partial charge in [-0.3, -0.25) is 14.4 Å². The van der Waals surface area contributed by atoms with E-state index >= 15 is 0 Å². The third kappa shape index (κ3) is 8.20. The van der Waals surface area contributed by atoms with Gasteiger partial charge in [0.1, 0.15) is 3.41 Å². The molecule has 0 N–H and O–H groups in total. The van der Waals surface area contributed by atoms with Gasteiger partial charge in [0.05, 0.1) is 10.8 Å². The van der Waals surface area contributed by atoms with Gasteiger partial charge in [-0.05, 0) is 60.8 Å². The number of Topliss-reactive ketones (excluding diaryl/α,β-unsaturated/α-hetero) is 1. The van der Waals surface area contributed by atoms with Crippen molar-refractivity contribution in [1.82, 2.24) is 5.06 Å². The number of imide groups is 1. The van der Waals surface area contributed by atoms with Gasteiger partial charge >= 0.3 is 5.97 Å². The van der Waals surface area contributed by atoms with Crippen LogP contribution in [0.25, 0.3) is 0 Å². The molecule has 0 aromatic heterocycles. The maximum absolute atomic E-state index is 13.2. The minimum atomic E-state index is -0.787. The van der Waals surface area contributed by atoms with Crippen LogP contribution in [0.15, 0.2) is 24.3 Å². The van der Waals surface area contributed by atoms with E-state index in [4.69, 9.17) is 4.84 Å². The van der Waals surface area contributed by atoms with Gasteiger partial charge in [-0.25, -0.2) is 4.79 Å². The van der Waals surface area contributed by atoms with E-state index in [9.17, 15) is 19.2 Å². The molecule has 2 aliphatic rings. The van der Waals surface area contributed by atoms with Gasteiger partial charge in [0.25, 0.3) is 11.8 Å². The third-order valence-corrected chi connectivity index (χ3v) is 12.8. The number of benzene rings is 1. The molecule has 36 heavy (non-hydrogen) atoms. The quantitative estimate of drug-likeness (QED) is 0.143. The average Bonchev–Trinajstić information content (AvgIpc) is 3.20. The Morgan fingerprint density at radius 2 is 1.64 bits per heavy atom. The zero-order valence-corrected chi connectivity index (χ0v) is 24.3. The van der Waals surface area contributed by atoms with Crippen molar-refractivity contribution < 1.29 is 24.0 Å². The summed E-state index contributed by atoms with van der Waals surface area (Å²) in [5, 5.41) is 0.421. The molecule has 0 bridgehead atoms. The van der Waals surface area contributed by atoms with Crippen molar-refractivity contribution in [2.24, 2.45) is 0 Å². The number of ketones is 1. The molecule has 0 aliphatic carbocycles. The van der Waals surface area contributed by atoms with Crippen LogP contribution in [0.5, 0.6) is 0 Å². The second-order valence-electron chi connectivity index (χ2n) is 8.74. The van der Waals surface area contributed by atoms with E-state index in [-0.39, 0.29) is 29.4 Å². The summed E-state index contributed by atoms with van der Waals surface area (Å²) in [5.41, 5.74) is 0.743. The van der Waals surface area contributed by atoms with Crippen molar-refractivity contribution in [3.8, 4) is 0 Å². The van der Waals surface area contributed by atoms with E-state index in [1.54, 1.807) is 23.9 Å². The van der Waals surface area contributed by atoms with Crippen LogP contribution < -0.4 is 0 Å². The first kappa shape index (κ1) is 29.5. The molecular formula is C26H35NO5S4. The first-order chi connectivity index (χ1) is 17.4. The van der Waals surface area contributed by atoms with Crippen molar-refractivity contribution in [3.05, 3.63) is 35.4 Å². The smallest absolute Gasteiger partial charge is 0.325 e. The third-order valence-electron chi connectivity index (χ3n) is 5.85. The number of hydrogen-bond acceptors (Lipinski definition) is 9. The summed E-state index contributed by atoms with van der Waals surface area (Å²) in [5.74, 6) is 2.82. The molecule has 1 aromatic rings. The highest BCUT2D eigenvalue weighted by atomic mass is 32.3. The molecule has 2 saturated heterocycles. The number of carbonyl (C=O) groups is 4. The number of amides is 2. The second kappa shape index (κ2) is 14.7. The Balaban J connectivity index is 1.49. The van der Waals surface area contributed by atoms with Crippen molar-refractivity contribution in [2.45, 2.75) is 73.9 Å². The lowest BCUT2D eigenvalue weighted by molar-refractivity contribution is -0.172. The molecule has 198 valence electrons. The predicted molar refractivity (Wildman–Crippen MR) is 153 cm³/mol. The molecule has 6 nitrogen and oxygen atoms in total. The first-order valence-electron chi connectivity index (χ1n) is 12.6. The van der Waals surface area contributed by atoms with Crippen molar-refractivity contribution in [1.29, 1.82) is 0 Å². The van der Waals surface area contributed by atoms with Gasteiger partial charge in [0, 0.05) is 18.4 Å². The summed E-state index contributed by atoms with van der Waals surface area (Å²) in [7, 11) is 0. The van der Waals surface area contributed by atoms with Crippen LogP contribution >= 0.6 is 47.0 Å². The van der Waals surface area contributed by atoms with Crippen molar-refractivity contribution in [2.75, 3.05) is 23.0 Å². The van der Waals surface area contributed by atoms with Crippen LogP contribution in [0.3, 0.4) is 0 Å². The fourth-order valence-electron chi connectivity index (χ4n) is 3.98. The molecule has 1 unspecified atom stereocenters. The minimum Gasteiger partial charge on any atom is -0.325 e. The van der Waals surface area contributed by atoms with Crippen LogP contribution in [-0.4, -0.2) is 60.3 Å². The molecule has 0 saturated carbocycles. The largest absolute Gasteiger partial charge is 0.363 e. The van der Waals surface area contributed by atoms with Gasteiger partial charge in [0.15, 0.2) is 5.78 Å². The Kier molecular flexibility index (Phi) is 12.1. The fraction of sp³-hybridized carbons (Fsp3) is 0.615. The molecule has 2 fully saturated rings. The lowest BCUT2D eigenvalue weighted by Gasteiger charge is -2.35. The van der Waals surface area contributed by atoms with Crippen molar-refractivity contribution in [3.63, 3.8) is 0 Å². The normalized spacial score (nSPS) is 18.3. The van der Waals surface area contributed by atoms with Gasteiger partial charge in [0.2, 0.25) is 0 Å². The average molecular weight is 570 g/mol. The van der Waals surface area contributed by atoms with E-state index in [0.717, 1.165) is 30.8 Å². The maximum atomic E-state index is 13.2. The number of carbonyl (C=O) groups excluding carboxylic acids is 4. The van der Waals surface area contributed by atoms with Gasteiger partial charge in [-0.2, -0.15) is 11.8 Å². The zero-order chi connectivity index (χ0) is 26.0. The number of hydroxylamine groups is 2. The van der Waals surface area contributed by atoms with Crippen LogP contribution in [0.2, 0.25) is 0 Å². The summed E-state index contributed by atoms with van der Waals surface area (Å²) >= 11 is 8.06. The highest BCUT2D eigenvalue weighted by molar-refractivity contribution is 8.34. The SMILES string of the molecule is CCCC(SCCCSC1(CCC)SCCCS1)C(=O)c1ccc(C(=O)ON2C(=O)CCC2=O)cc1. The number of hydrogen-bond donors (Lipinski definition) is 0. The Bertz CT molecular complexity index is 896. The van der Waals surface area contributed by atoms with E-state index in [1.165, 1.54) is 42.9 Å². The summed E-state index contributed by atoms with van der Waals surface area (Å²) in [6, 6.07) is 6.27. The highest BCUT2D eigenvalue weighted by Gasteiger charge is 2.34. The van der Waals surface area contributed by atoms with E-state index in [2.05, 4.69) is 49.1 Å². The number of thioether (sulfide) groups is 4. The first-order valence-corrected chi connectivity index (χ1v) is 16.7. The van der Waals surface area contributed by atoms with E-state index in [1.807, 2.05) is 0 Å². The van der Waals surface area contributed by atoms with Crippen LogP contribution in [0.4, 0.5) is 0 Å². The topological polar surface area (TPSA) is 80.8 Å². The molecule has 2 amide bonds. The lowest BCUT2D eigenvalue weighted by atomic mass is 10.0. The molecule has 0 spiro atoms. The molecule has 3 rings (SSSR count). The standard InChI is InChI=1S/C26H35NO5S4/c1-3-7-21(33-15-5-16-34-26(14-4-2)35-17-6-18-36-26)24(30)19-8-10-20(11-9-19)25(31)32-27-22(28)12-13-23(27)29/h8-11,21H,3-7,12-18H2,1-2H3. The molecule has 2 heterocycles. The number of nitrogens with zero attached hydrogens (tertiary/aromatic N) is 1. The zero-order valence-electron chi connectivity index (χ0n) is 21.0. The second-order valence-corrected chi connectivity index (χ2v) is 15.0. The van der Waals surface area contributed by atoms with Crippen LogP contribution in [-0.2, 0) is 14.4 Å². The van der Waals surface area contributed by atoms with E-state index in [0.29, 0.717) is 14.0 Å². The Morgan fingerprint density at radius 1 is 1.00 bits per heavy atom. The summed E-state index contributed by atoms with van der Waals surface area (Å²) in [6.07, 6.45) is 6.66. The van der Waals surface area contributed by atoms with Crippen LogP contribution in [0.1, 0.15) is 85.9 Å². The summed E-state index contributed by atoms with van der Waals surface area (Å²) in [6.45, 7) is 4.35. The monoisotopic (exact) mass is 569 g/mol. The molecular weight excluding hydrogens is 535 g/mol. The fourth-order valence-corrected chi connectivity index (χ4v) is 11.0. The molecule has 10 heteroatoms. The molecule has 2 aliphatic heterocycles. The van der Waals surface area contributed by atoms with Gasteiger partial charge < -0.3 is 4.84 Å². The molecule has 1 atom stereocenters. The Hall–Kier alpha value is -1.10. The highest BCUT2D eigenvalue weighted by Crippen LogP contribution is 2.53. The maximum Gasteiger partial charge on any atom is 0.363 e. The Labute approximate surface area is 231 Å². The van der Waals surface area contributed by atoms with Crippen molar-refractivity contribution >= 4 is 70.6 Å². The van der Waals surface area contributed by atoms with Gasteiger partial charge in [-0.1, -0.05) is 38.8 Å². The number of rotatable bonds is 14. The van der Waals surface area contributed by atoms with Crippen LogP contribution in [0, 0.1) is 0 Å². The lowest BCUT2D eigenvalue weighted by Crippen LogP contribution is -2.32.